The Bertz CT molecular complexity index is 1280. The molecule has 0 aliphatic heterocycles. The SMILES string of the molecule is O=C(Cn1nc(-c2cccs2)c2ccccc2c1=O)Nc1cccc([N+](=O)[O-])c1. The van der Waals surface area contributed by atoms with Crippen LogP contribution in [0.1, 0.15) is 0 Å². The van der Waals surface area contributed by atoms with Crippen LogP contribution in [0.3, 0.4) is 0 Å². The van der Waals surface area contributed by atoms with Crippen molar-refractivity contribution in [3.8, 4) is 10.6 Å². The van der Waals surface area contributed by atoms with E-state index in [0.29, 0.717) is 11.1 Å². The van der Waals surface area contributed by atoms with Crippen LogP contribution in [0.25, 0.3) is 21.3 Å². The van der Waals surface area contributed by atoms with Gasteiger partial charge in [0, 0.05) is 23.2 Å². The Balaban J connectivity index is 1.68. The van der Waals surface area contributed by atoms with Gasteiger partial charge in [0.1, 0.15) is 12.2 Å². The van der Waals surface area contributed by atoms with Gasteiger partial charge in [-0.2, -0.15) is 5.10 Å². The van der Waals surface area contributed by atoms with Gasteiger partial charge in [0.25, 0.3) is 11.2 Å². The van der Waals surface area contributed by atoms with E-state index in [4.69, 9.17) is 0 Å². The number of rotatable bonds is 5. The third-order valence-corrected chi connectivity index (χ3v) is 5.13. The average Bonchev–Trinajstić information content (AvgIpc) is 3.25. The van der Waals surface area contributed by atoms with E-state index in [1.165, 1.54) is 29.5 Å². The third-order valence-electron chi connectivity index (χ3n) is 4.26. The Morgan fingerprint density at radius 3 is 2.62 bits per heavy atom. The zero-order chi connectivity index (χ0) is 20.4. The molecular formula is C20H14N4O4S. The molecule has 0 aliphatic rings. The number of nitro benzene ring substituents is 1. The zero-order valence-corrected chi connectivity index (χ0v) is 15.8. The summed E-state index contributed by atoms with van der Waals surface area (Å²) in [7, 11) is 0. The highest BCUT2D eigenvalue weighted by molar-refractivity contribution is 7.13. The Kier molecular flexibility index (Phi) is 4.88. The summed E-state index contributed by atoms with van der Waals surface area (Å²) in [6.07, 6.45) is 0. The number of hydrogen-bond acceptors (Lipinski definition) is 6. The Morgan fingerprint density at radius 1 is 1.10 bits per heavy atom. The molecule has 144 valence electrons. The summed E-state index contributed by atoms with van der Waals surface area (Å²) in [5.41, 5.74) is 0.383. The van der Waals surface area contributed by atoms with Gasteiger partial charge in [0.2, 0.25) is 5.91 Å². The molecule has 4 aromatic rings. The molecule has 9 heteroatoms. The van der Waals surface area contributed by atoms with Crippen LogP contribution in [-0.4, -0.2) is 20.6 Å². The molecular weight excluding hydrogens is 392 g/mol. The maximum atomic E-state index is 12.8. The maximum absolute atomic E-state index is 12.8. The predicted molar refractivity (Wildman–Crippen MR) is 111 cm³/mol. The fourth-order valence-corrected chi connectivity index (χ4v) is 3.69. The number of benzene rings is 2. The van der Waals surface area contributed by atoms with Crippen molar-refractivity contribution in [3.05, 3.63) is 86.5 Å². The van der Waals surface area contributed by atoms with Gasteiger partial charge < -0.3 is 5.32 Å². The molecule has 2 aromatic carbocycles. The Labute approximate surface area is 168 Å². The maximum Gasteiger partial charge on any atom is 0.275 e. The average molecular weight is 406 g/mol. The summed E-state index contributed by atoms with van der Waals surface area (Å²) >= 11 is 1.49. The molecule has 1 N–H and O–H groups in total. The van der Waals surface area contributed by atoms with E-state index in [1.54, 1.807) is 18.2 Å². The lowest BCUT2D eigenvalue weighted by Crippen LogP contribution is -2.30. The van der Waals surface area contributed by atoms with E-state index in [2.05, 4.69) is 10.4 Å². The number of non-ortho nitro benzene ring substituents is 1. The minimum atomic E-state index is -0.543. The Morgan fingerprint density at radius 2 is 1.90 bits per heavy atom. The first-order valence-corrected chi connectivity index (χ1v) is 9.49. The molecule has 0 saturated carbocycles. The molecule has 29 heavy (non-hydrogen) atoms. The van der Waals surface area contributed by atoms with Gasteiger partial charge in [-0.3, -0.25) is 19.7 Å². The van der Waals surface area contributed by atoms with Gasteiger partial charge in [-0.25, -0.2) is 4.68 Å². The molecule has 0 spiro atoms. The second-order valence-electron chi connectivity index (χ2n) is 6.19. The van der Waals surface area contributed by atoms with Crippen LogP contribution in [0.2, 0.25) is 0 Å². The van der Waals surface area contributed by atoms with Crippen molar-refractivity contribution in [2.45, 2.75) is 6.54 Å². The van der Waals surface area contributed by atoms with Crippen LogP contribution in [0.4, 0.5) is 11.4 Å². The molecule has 0 unspecified atom stereocenters. The second-order valence-corrected chi connectivity index (χ2v) is 7.14. The molecule has 0 radical (unpaired) electrons. The van der Waals surface area contributed by atoms with E-state index < -0.39 is 10.8 Å². The van der Waals surface area contributed by atoms with Crippen LogP contribution in [0.15, 0.2) is 70.8 Å². The number of nitrogens with zero attached hydrogens (tertiary/aromatic N) is 3. The number of carbonyl (C=O) groups is 1. The summed E-state index contributed by atoms with van der Waals surface area (Å²) in [4.78, 5) is 36.5. The number of nitrogens with one attached hydrogen (secondary N) is 1. The molecule has 0 bridgehead atoms. The van der Waals surface area contributed by atoms with E-state index in [0.717, 1.165) is 14.9 Å². The van der Waals surface area contributed by atoms with Gasteiger partial charge in [-0.1, -0.05) is 30.3 Å². The molecule has 0 aliphatic carbocycles. The lowest BCUT2D eigenvalue weighted by molar-refractivity contribution is -0.384. The monoisotopic (exact) mass is 406 g/mol. The summed E-state index contributed by atoms with van der Waals surface area (Å²) in [6, 6.07) is 16.5. The molecule has 0 saturated heterocycles. The molecule has 2 heterocycles. The molecule has 4 rings (SSSR count). The molecule has 0 fully saturated rings. The van der Waals surface area contributed by atoms with E-state index >= 15 is 0 Å². The number of thiophene rings is 1. The normalized spacial score (nSPS) is 10.8. The molecule has 1 amide bonds. The minimum absolute atomic E-state index is 0.135. The van der Waals surface area contributed by atoms with Crippen molar-refractivity contribution in [1.82, 2.24) is 9.78 Å². The molecule has 0 atom stereocenters. The number of carbonyl (C=O) groups excluding carboxylic acids is 1. The number of fused-ring (bicyclic) bond motifs is 1. The van der Waals surface area contributed by atoms with Crippen LogP contribution in [0.5, 0.6) is 0 Å². The van der Waals surface area contributed by atoms with Gasteiger partial charge >= 0.3 is 0 Å². The van der Waals surface area contributed by atoms with Gasteiger partial charge in [0.05, 0.1) is 15.2 Å². The zero-order valence-electron chi connectivity index (χ0n) is 14.9. The number of hydrogen-bond donors (Lipinski definition) is 1. The summed E-state index contributed by atoms with van der Waals surface area (Å²) in [5, 5.41) is 21.0. The largest absolute Gasteiger partial charge is 0.324 e. The summed E-state index contributed by atoms with van der Waals surface area (Å²) < 4.78 is 1.12. The first-order chi connectivity index (χ1) is 14.0. The standard InChI is InChI=1S/C20H14N4O4S/c25-18(21-13-5-3-6-14(11-13)24(27)28)12-23-20(26)16-8-2-1-7-15(16)19(22-23)17-9-4-10-29-17/h1-11H,12H2,(H,21,25). The predicted octanol–water partition coefficient (Wildman–Crippen LogP) is 3.67. The van der Waals surface area contributed by atoms with Crippen molar-refractivity contribution in [2.75, 3.05) is 5.32 Å². The lowest BCUT2D eigenvalue weighted by atomic mass is 10.1. The van der Waals surface area contributed by atoms with Gasteiger partial charge in [0.15, 0.2) is 0 Å². The highest BCUT2D eigenvalue weighted by atomic mass is 32.1. The van der Waals surface area contributed by atoms with Crippen molar-refractivity contribution >= 4 is 39.4 Å². The fourth-order valence-electron chi connectivity index (χ4n) is 2.97. The van der Waals surface area contributed by atoms with Crippen LogP contribution in [0, 0.1) is 10.1 Å². The molecule has 8 nitrogen and oxygen atoms in total. The van der Waals surface area contributed by atoms with Crippen molar-refractivity contribution in [2.24, 2.45) is 0 Å². The third kappa shape index (κ3) is 3.76. The number of aromatic nitrogens is 2. The number of nitro groups is 1. The van der Waals surface area contributed by atoms with Crippen molar-refractivity contribution in [3.63, 3.8) is 0 Å². The van der Waals surface area contributed by atoms with E-state index in [1.807, 2.05) is 29.6 Å². The molecule has 2 aromatic heterocycles. The van der Waals surface area contributed by atoms with Crippen molar-refractivity contribution in [1.29, 1.82) is 0 Å². The first-order valence-electron chi connectivity index (χ1n) is 8.61. The topological polar surface area (TPSA) is 107 Å². The summed E-state index contributed by atoms with van der Waals surface area (Å²) in [5.74, 6) is -0.507. The quantitative estimate of drug-likeness (QED) is 0.402. The number of amides is 1. The van der Waals surface area contributed by atoms with Crippen molar-refractivity contribution < 1.29 is 9.72 Å². The number of anilines is 1. The van der Waals surface area contributed by atoms with E-state index in [9.17, 15) is 19.7 Å². The second kappa shape index (κ2) is 7.64. The van der Waals surface area contributed by atoms with Gasteiger partial charge in [-0.05, 0) is 23.6 Å². The highest BCUT2D eigenvalue weighted by Crippen LogP contribution is 2.28. The smallest absolute Gasteiger partial charge is 0.275 e. The first kappa shape index (κ1) is 18.5. The summed E-state index contributed by atoms with van der Waals surface area (Å²) in [6.45, 7) is -0.315. The van der Waals surface area contributed by atoms with Crippen LogP contribution in [-0.2, 0) is 11.3 Å². The fraction of sp³-hybridized carbons (Fsp3) is 0.0500. The van der Waals surface area contributed by atoms with E-state index in [-0.39, 0.29) is 23.5 Å². The Hall–Kier alpha value is -3.85. The highest BCUT2D eigenvalue weighted by Gasteiger charge is 2.15. The lowest BCUT2D eigenvalue weighted by Gasteiger charge is -2.10. The van der Waals surface area contributed by atoms with Crippen LogP contribution < -0.4 is 10.9 Å². The van der Waals surface area contributed by atoms with Crippen LogP contribution >= 0.6 is 11.3 Å². The minimum Gasteiger partial charge on any atom is -0.324 e. The van der Waals surface area contributed by atoms with Gasteiger partial charge in [-0.15, -0.1) is 11.3 Å².